The third-order valence-corrected chi connectivity index (χ3v) is 5.66. The molecule has 0 fully saturated rings. The molecule has 128 valence electrons. The molecule has 1 aromatic heterocycles. The zero-order valence-electron chi connectivity index (χ0n) is 14.5. The average Bonchev–Trinajstić information content (AvgIpc) is 2.91. The van der Waals surface area contributed by atoms with Crippen LogP contribution in [0.15, 0.2) is 23.4 Å². The molecule has 1 aliphatic carbocycles. The van der Waals surface area contributed by atoms with E-state index in [9.17, 15) is 4.79 Å². The first kappa shape index (κ1) is 17.0. The molecule has 0 saturated heterocycles. The van der Waals surface area contributed by atoms with Crippen LogP contribution in [0, 0.1) is 6.92 Å². The van der Waals surface area contributed by atoms with Crippen molar-refractivity contribution in [3.8, 4) is 0 Å². The Hall–Kier alpha value is -1.82. The summed E-state index contributed by atoms with van der Waals surface area (Å²) in [5.41, 5.74) is 4.10. The van der Waals surface area contributed by atoms with Gasteiger partial charge in [0.25, 0.3) is 0 Å². The van der Waals surface area contributed by atoms with Crippen LogP contribution in [0.1, 0.15) is 48.3 Å². The highest BCUT2D eigenvalue weighted by Crippen LogP contribution is 2.25. The number of amides is 1. The Labute approximate surface area is 147 Å². The number of aromatic nitrogens is 3. The quantitative estimate of drug-likeness (QED) is 0.847. The molecule has 1 atom stereocenters. The lowest BCUT2D eigenvalue weighted by Crippen LogP contribution is -2.28. The molecule has 3 rings (SSSR count). The van der Waals surface area contributed by atoms with Gasteiger partial charge in [-0.1, -0.05) is 30.0 Å². The SMILES string of the molecule is Cc1nnc(SCC(=O)N[C@@H](C)c2ccc3c(c2)CCCC3)n1C. The molecule has 0 unspecified atom stereocenters. The van der Waals surface area contributed by atoms with Gasteiger partial charge >= 0.3 is 0 Å². The Kier molecular flexibility index (Phi) is 5.23. The molecule has 1 aliphatic rings. The smallest absolute Gasteiger partial charge is 0.230 e. The standard InChI is InChI=1S/C18H24N4OS/c1-12(15-9-8-14-6-4-5-7-16(14)10-15)19-17(23)11-24-18-21-20-13(2)22(18)3/h8-10,12H,4-7,11H2,1-3H3,(H,19,23)/t12-/m0/s1. The number of carbonyl (C=O) groups excluding carboxylic acids is 1. The lowest BCUT2D eigenvalue weighted by Gasteiger charge is -2.20. The van der Waals surface area contributed by atoms with Crippen molar-refractivity contribution in [1.29, 1.82) is 0 Å². The molecule has 0 spiro atoms. The van der Waals surface area contributed by atoms with Crippen LogP contribution < -0.4 is 5.32 Å². The van der Waals surface area contributed by atoms with E-state index >= 15 is 0 Å². The maximum Gasteiger partial charge on any atom is 0.230 e. The van der Waals surface area contributed by atoms with Gasteiger partial charge in [-0.05, 0) is 56.2 Å². The first-order valence-corrected chi connectivity index (χ1v) is 9.43. The van der Waals surface area contributed by atoms with Gasteiger partial charge in [-0.3, -0.25) is 4.79 Å². The van der Waals surface area contributed by atoms with Crippen LogP contribution in [0.5, 0.6) is 0 Å². The number of rotatable bonds is 5. The molecule has 6 heteroatoms. The molecule has 0 saturated carbocycles. The molecule has 1 aromatic carbocycles. The van der Waals surface area contributed by atoms with Crippen molar-refractivity contribution < 1.29 is 4.79 Å². The van der Waals surface area contributed by atoms with E-state index in [0.717, 1.165) is 17.4 Å². The van der Waals surface area contributed by atoms with Gasteiger partial charge in [0, 0.05) is 7.05 Å². The predicted octanol–water partition coefficient (Wildman–Crippen LogP) is 2.97. The van der Waals surface area contributed by atoms with Gasteiger partial charge in [0.15, 0.2) is 5.16 Å². The van der Waals surface area contributed by atoms with Crippen LogP contribution >= 0.6 is 11.8 Å². The van der Waals surface area contributed by atoms with Gasteiger partial charge in [0.05, 0.1) is 11.8 Å². The summed E-state index contributed by atoms with van der Waals surface area (Å²) in [6, 6.07) is 6.66. The minimum absolute atomic E-state index is 0.0193. The predicted molar refractivity (Wildman–Crippen MR) is 96.1 cm³/mol. The van der Waals surface area contributed by atoms with Crippen LogP contribution in [-0.4, -0.2) is 26.4 Å². The lowest BCUT2D eigenvalue weighted by atomic mass is 9.89. The number of aryl methyl sites for hydroxylation is 3. The van der Waals surface area contributed by atoms with Gasteiger partial charge in [-0.15, -0.1) is 10.2 Å². The Morgan fingerprint density at radius 2 is 2.04 bits per heavy atom. The van der Waals surface area contributed by atoms with E-state index in [2.05, 4.69) is 33.7 Å². The summed E-state index contributed by atoms with van der Waals surface area (Å²) in [7, 11) is 1.91. The monoisotopic (exact) mass is 344 g/mol. The molecule has 2 aromatic rings. The number of thioether (sulfide) groups is 1. The van der Waals surface area contributed by atoms with Gasteiger partial charge in [0.2, 0.25) is 5.91 Å². The van der Waals surface area contributed by atoms with Crippen molar-refractivity contribution in [2.75, 3.05) is 5.75 Å². The molecule has 5 nitrogen and oxygen atoms in total. The highest BCUT2D eigenvalue weighted by atomic mass is 32.2. The van der Waals surface area contributed by atoms with Gasteiger partial charge in [-0.25, -0.2) is 0 Å². The van der Waals surface area contributed by atoms with Crippen LogP contribution in [0.3, 0.4) is 0 Å². The average molecular weight is 344 g/mol. The molecule has 24 heavy (non-hydrogen) atoms. The molecule has 1 N–H and O–H groups in total. The highest BCUT2D eigenvalue weighted by Gasteiger charge is 2.15. The van der Waals surface area contributed by atoms with E-state index in [1.807, 2.05) is 25.5 Å². The summed E-state index contributed by atoms with van der Waals surface area (Å²) >= 11 is 1.41. The fourth-order valence-electron chi connectivity index (χ4n) is 3.03. The molecule has 0 radical (unpaired) electrons. The zero-order chi connectivity index (χ0) is 17.1. The fourth-order valence-corrected chi connectivity index (χ4v) is 3.80. The summed E-state index contributed by atoms with van der Waals surface area (Å²) in [5, 5.41) is 11.9. The van der Waals surface area contributed by atoms with Crippen LogP contribution in [0.4, 0.5) is 0 Å². The fraction of sp³-hybridized carbons (Fsp3) is 0.500. The maximum atomic E-state index is 12.2. The summed E-state index contributed by atoms with van der Waals surface area (Å²) in [6.07, 6.45) is 4.90. The van der Waals surface area contributed by atoms with Crippen LogP contribution in [-0.2, 0) is 24.7 Å². The van der Waals surface area contributed by atoms with E-state index in [1.165, 1.54) is 47.7 Å². The number of nitrogens with one attached hydrogen (secondary N) is 1. The number of benzene rings is 1. The first-order chi connectivity index (χ1) is 11.5. The van der Waals surface area contributed by atoms with Crippen LogP contribution in [0.2, 0.25) is 0 Å². The molecule has 0 bridgehead atoms. The summed E-state index contributed by atoms with van der Waals surface area (Å²) < 4.78 is 1.89. The second-order valence-corrected chi connectivity index (χ2v) is 7.34. The van der Waals surface area contributed by atoms with Gasteiger partial charge < -0.3 is 9.88 Å². The molecule has 1 amide bonds. The van der Waals surface area contributed by atoms with E-state index in [0.29, 0.717) is 5.75 Å². The third-order valence-electron chi connectivity index (χ3n) is 4.64. The maximum absolute atomic E-state index is 12.2. The molecular formula is C18H24N4OS. The largest absolute Gasteiger partial charge is 0.349 e. The minimum atomic E-state index is 0.0193. The Morgan fingerprint density at radius 1 is 1.29 bits per heavy atom. The Morgan fingerprint density at radius 3 is 2.75 bits per heavy atom. The summed E-state index contributed by atoms with van der Waals surface area (Å²) in [4.78, 5) is 12.2. The number of hydrogen-bond donors (Lipinski definition) is 1. The van der Waals surface area contributed by atoms with E-state index in [-0.39, 0.29) is 11.9 Å². The van der Waals surface area contributed by atoms with Crippen molar-refractivity contribution in [2.45, 2.75) is 50.7 Å². The molecule has 0 aliphatic heterocycles. The van der Waals surface area contributed by atoms with Crippen molar-refractivity contribution in [3.05, 3.63) is 40.7 Å². The zero-order valence-corrected chi connectivity index (χ0v) is 15.3. The number of nitrogens with zero attached hydrogens (tertiary/aromatic N) is 3. The van der Waals surface area contributed by atoms with Gasteiger partial charge in [0.1, 0.15) is 5.82 Å². The normalized spacial score (nSPS) is 15.0. The highest BCUT2D eigenvalue weighted by molar-refractivity contribution is 7.99. The number of carbonyl (C=O) groups is 1. The molecular weight excluding hydrogens is 320 g/mol. The van der Waals surface area contributed by atoms with E-state index in [1.54, 1.807) is 0 Å². The molecule has 1 heterocycles. The second kappa shape index (κ2) is 7.38. The topological polar surface area (TPSA) is 59.8 Å². The first-order valence-electron chi connectivity index (χ1n) is 8.44. The lowest BCUT2D eigenvalue weighted by molar-refractivity contribution is -0.119. The minimum Gasteiger partial charge on any atom is -0.349 e. The summed E-state index contributed by atoms with van der Waals surface area (Å²) in [5.74, 6) is 1.22. The van der Waals surface area contributed by atoms with Crippen molar-refractivity contribution in [3.63, 3.8) is 0 Å². The second-order valence-electron chi connectivity index (χ2n) is 6.40. The van der Waals surface area contributed by atoms with E-state index in [4.69, 9.17) is 0 Å². The van der Waals surface area contributed by atoms with Crippen molar-refractivity contribution in [2.24, 2.45) is 7.05 Å². The van der Waals surface area contributed by atoms with Crippen LogP contribution in [0.25, 0.3) is 0 Å². The Bertz CT molecular complexity index is 741. The number of hydrogen-bond acceptors (Lipinski definition) is 4. The van der Waals surface area contributed by atoms with Gasteiger partial charge in [-0.2, -0.15) is 0 Å². The summed E-state index contributed by atoms with van der Waals surface area (Å²) in [6.45, 7) is 3.94. The van der Waals surface area contributed by atoms with Crippen molar-refractivity contribution in [1.82, 2.24) is 20.1 Å². The Balaban J connectivity index is 1.57. The third kappa shape index (κ3) is 3.80. The van der Waals surface area contributed by atoms with E-state index < -0.39 is 0 Å². The van der Waals surface area contributed by atoms with Crippen molar-refractivity contribution >= 4 is 17.7 Å². The number of fused-ring (bicyclic) bond motifs is 1.